The number of amides is 1. The van der Waals surface area contributed by atoms with E-state index in [4.69, 9.17) is 0 Å². The Morgan fingerprint density at radius 2 is 2.05 bits per heavy atom. The van der Waals surface area contributed by atoms with E-state index in [1.165, 1.54) is 25.7 Å². The highest BCUT2D eigenvalue weighted by Crippen LogP contribution is 2.26. The predicted molar refractivity (Wildman–Crippen MR) is 74.0 cm³/mol. The maximum absolute atomic E-state index is 11.9. The molecule has 1 aliphatic rings. The van der Waals surface area contributed by atoms with E-state index in [1.54, 1.807) is 0 Å². The van der Waals surface area contributed by atoms with Crippen LogP contribution in [0.2, 0.25) is 0 Å². The largest absolute Gasteiger partial charge is 0.349 e. The van der Waals surface area contributed by atoms with Crippen molar-refractivity contribution in [2.75, 3.05) is 6.54 Å². The minimum Gasteiger partial charge on any atom is -0.349 e. The van der Waals surface area contributed by atoms with Gasteiger partial charge in [0, 0.05) is 12.0 Å². The second-order valence-corrected chi connectivity index (χ2v) is 6.45. The molecule has 0 aliphatic heterocycles. The molecule has 0 unspecified atom stereocenters. The number of carbonyl (C=O) groups is 1. The van der Waals surface area contributed by atoms with Gasteiger partial charge in [-0.15, -0.1) is 5.10 Å². The monoisotopic (exact) mass is 264 g/mol. The van der Waals surface area contributed by atoms with Crippen molar-refractivity contribution in [3.63, 3.8) is 0 Å². The lowest BCUT2D eigenvalue weighted by Gasteiger charge is -2.12. The van der Waals surface area contributed by atoms with Gasteiger partial charge in [0.05, 0.1) is 0 Å². The highest BCUT2D eigenvalue weighted by molar-refractivity contribution is 5.90. The Labute approximate surface area is 114 Å². The summed E-state index contributed by atoms with van der Waals surface area (Å²) < 4.78 is 0. The molecule has 1 fully saturated rings. The number of carbonyl (C=O) groups excluding carboxylic acids is 1. The smallest absolute Gasteiger partial charge is 0.290 e. The number of nitrogens with one attached hydrogen (secondary N) is 2. The number of rotatable bonds is 4. The predicted octanol–water partition coefficient (Wildman–Crippen LogP) is 2.41. The number of aromatic nitrogens is 3. The normalized spacial score (nSPS) is 16.8. The zero-order valence-electron chi connectivity index (χ0n) is 12.1. The summed E-state index contributed by atoms with van der Waals surface area (Å²) in [5, 5.41) is 9.73. The van der Waals surface area contributed by atoms with E-state index in [-0.39, 0.29) is 17.1 Å². The summed E-state index contributed by atoms with van der Waals surface area (Å²) in [6.07, 6.45) is 6.38. The molecule has 5 heteroatoms. The molecule has 19 heavy (non-hydrogen) atoms. The Morgan fingerprint density at radius 3 is 2.63 bits per heavy atom. The lowest BCUT2D eigenvalue weighted by atomic mass is 9.96. The first-order chi connectivity index (χ1) is 8.97. The molecule has 1 saturated carbocycles. The van der Waals surface area contributed by atoms with Crippen molar-refractivity contribution in [1.29, 1.82) is 0 Å². The number of hydrogen-bond acceptors (Lipinski definition) is 3. The lowest BCUT2D eigenvalue weighted by Crippen LogP contribution is -2.26. The second-order valence-electron chi connectivity index (χ2n) is 6.45. The molecule has 0 bridgehead atoms. The number of nitrogens with zero attached hydrogens (tertiary/aromatic N) is 2. The van der Waals surface area contributed by atoms with Gasteiger partial charge >= 0.3 is 0 Å². The van der Waals surface area contributed by atoms with Crippen molar-refractivity contribution in [2.45, 2.75) is 58.3 Å². The SMILES string of the molecule is CC(C)(C)c1nc(C(=O)NCCC2CCCC2)n[nH]1. The van der Waals surface area contributed by atoms with Crippen LogP contribution in [-0.2, 0) is 5.41 Å². The molecular formula is C14H24N4O. The van der Waals surface area contributed by atoms with Crippen molar-refractivity contribution in [2.24, 2.45) is 5.92 Å². The van der Waals surface area contributed by atoms with E-state index in [0.717, 1.165) is 24.7 Å². The Morgan fingerprint density at radius 1 is 1.37 bits per heavy atom. The minimum absolute atomic E-state index is 0.116. The van der Waals surface area contributed by atoms with E-state index < -0.39 is 0 Å². The zero-order chi connectivity index (χ0) is 13.9. The molecule has 0 saturated heterocycles. The molecule has 1 aromatic rings. The third-order valence-corrected chi connectivity index (χ3v) is 3.71. The van der Waals surface area contributed by atoms with Crippen LogP contribution in [0.1, 0.15) is 69.3 Å². The highest BCUT2D eigenvalue weighted by Gasteiger charge is 2.21. The number of aromatic amines is 1. The van der Waals surface area contributed by atoms with Gasteiger partial charge in [-0.1, -0.05) is 46.5 Å². The van der Waals surface area contributed by atoms with Crippen LogP contribution in [0.5, 0.6) is 0 Å². The first-order valence-electron chi connectivity index (χ1n) is 7.18. The quantitative estimate of drug-likeness (QED) is 0.877. The fourth-order valence-corrected chi connectivity index (χ4v) is 2.47. The molecular weight excluding hydrogens is 240 g/mol. The molecule has 0 atom stereocenters. The van der Waals surface area contributed by atoms with Gasteiger partial charge in [-0.2, -0.15) is 0 Å². The molecule has 1 heterocycles. The van der Waals surface area contributed by atoms with Gasteiger partial charge in [-0.25, -0.2) is 4.98 Å². The van der Waals surface area contributed by atoms with Gasteiger partial charge < -0.3 is 5.32 Å². The summed E-state index contributed by atoms with van der Waals surface area (Å²) in [6.45, 7) is 6.84. The van der Waals surface area contributed by atoms with E-state index in [0.29, 0.717) is 0 Å². The van der Waals surface area contributed by atoms with E-state index >= 15 is 0 Å². The van der Waals surface area contributed by atoms with Gasteiger partial charge in [0.25, 0.3) is 5.91 Å². The zero-order valence-corrected chi connectivity index (χ0v) is 12.1. The molecule has 106 valence electrons. The summed E-state index contributed by atoms with van der Waals surface area (Å²) in [5.41, 5.74) is -0.116. The van der Waals surface area contributed by atoms with Crippen LogP contribution in [0.15, 0.2) is 0 Å². The van der Waals surface area contributed by atoms with Crippen molar-refractivity contribution in [3.8, 4) is 0 Å². The van der Waals surface area contributed by atoms with E-state index in [2.05, 4.69) is 20.5 Å². The lowest BCUT2D eigenvalue weighted by molar-refractivity contribution is 0.0941. The minimum atomic E-state index is -0.176. The van der Waals surface area contributed by atoms with Gasteiger partial charge in [0.2, 0.25) is 5.82 Å². The molecule has 0 aromatic carbocycles. The topological polar surface area (TPSA) is 70.7 Å². The van der Waals surface area contributed by atoms with Gasteiger partial charge in [0.1, 0.15) is 5.82 Å². The number of H-pyrrole nitrogens is 1. The molecule has 1 aromatic heterocycles. The van der Waals surface area contributed by atoms with Crippen LogP contribution >= 0.6 is 0 Å². The van der Waals surface area contributed by atoms with Crippen LogP contribution in [-0.4, -0.2) is 27.6 Å². The van der Waals surface area contributed by atoms with Crippen LogP contribution in [0.25, 0.3) is 0 Å². The molecule has 0 radical (unpaired) electrons. The van der Waals surface area contributed by atoms with Crippen molar-refractivity contribution in [1.82, 2.24) is 20.5 Å². The Kier molecular flexibility index (Phi) is 4.22. The van der Waals surface area contributed by atoms with Gasteiger partial charge in [-0.05, 0) is 12.3 Å². The highest BCUT2D eigenvalue weighted by atomic mass is 16.2. The molecule has 2 N–H and O–H groups in total. The standard InChI is InChI=1S/C14H24N4O/c1-14(2,3)13-16-11(17-18-13)12(19)15-9-8-10-6-4-5-7-10/h10H,4-9H2,1-3H3,(H,15,19)(H,16,17,18). The van der Waals surface area contributed by atoms with Crippen LogP contribution in [0.4, 0.5) is 0 Å². The van der Waals surface area contributed by atoms with Crippen LogP contribution < -0.4 is 5.32 Å². The van der Waals surface area contributed by atoms with E-state index in [9.17, 15) is 4.79 Å². The third kappa shape index (κ3) is 3.78. The fourth-order valence-electron chi connectivity index (χ4n) is 2.47. The first kappa shape index (κ1) is 14.0. The Hall–Kier alpha value is -1.39. The molecule has 1 amide bonds. The Bertz CT molecular complexity index is 427. The number of hydrogen-bond donors (Lipinski definition) is 2. The fraction of sp³-hybridized carbons (Fsp3) is 0.786. The summed E-state index contributed by atoms with van der Waals surface area (Å²) in [5.74, 6) is 1.60. The second kappa shape index (κ2) is 5.72. The van der Waals surface area contributed by atoms with Crippen molar-refractivity contribution < 1.29 is 4.79 Å². The van der Waals surface area contributed by atoms with Crippen LogP contribution in [0, 0.1) is 5.92 Å². The Balaban J connectivity index is 1.81. The van der Waals surface area contributed by atoms with E-state index in [1.807, 2.05) is 20.8 Å². The first-order valence-corrected chi connectivity index (χ1v) is 7.18. The maximum atomic E-state index is 11.9. The van der Waals surface area contributed by atoms with Crippen LogP contribution in [0.3, 0.4) is 0 Å². The maximum Gasteiger partial charge on any atom is 0.290 e. The molecule has 1 aliphatic carbocycles. The van der Waals surface area contributed by atoms with Crippen molar-refractivity contribution in [3.05, 3.63) is 11.6 Å². The van der Waals surface area contributed by atoms with Gasteiger partial charge in [-0.3, -0.25) is 9.89 Å². The van der Waals surface area contributed by atoms with Gasteiger partial charge in [0.15, 0.2) is 0 Å². The summed E-state index contributed by atoms with van der Waals surface area (Å²) in [6, 6.07) is 0. The summed E-state index contributed by atoms with van der Waals surface area (Å²) >= 11 is 0. The molecule has 0 spiro atoms. The molecule has 2 rings (SSSR count). The summed E-state index contributed by atoms with van der Waals surface area (Å²) in [7, 11) is 0. The third-order valence-electron chi connectivity index (χ3n) is 3.71. The average Bonchev–Trinajstić information content (AvgIpc) is 2.99. The summed E-state index contributed by atoms with van der Waals surface area (Å²) in [4.78, 5) is 16.2. The molecule has 5 nitrogen and oxygen atoms in total. The average molecular weight is 264 g/mol. The van der Waals surface area contributed by atoms with Crippen molar-refractivity contribution >= 4 is 5.91 Å².